The molecule has 0 heterocycles. The lowest BCUT2D eigenvalue weighted by Crippen LogP contribution is -2.49. The molecular formula is C11H22N2O3. The van der Waals surface area contributed by atoms with Gasteiger partial charge in [-0.15, -0.1) is 0 Å². The molecular weight excluding hydrogens is 208 g/mol. The number of aliphatic carboxylic acids is 1. The Morgan fingerprint density at radius 2 is 1.88 bits per heavy atom. The zero-order valence-electron chi connectivity index (χ0n) is 10.5. The van der Waals surface area contributed by atoms with Gasteiger partial charge in [-0.1, -0.05) is 6.92 Å². The van der Waals surface area contributed by atoms with Crippen molar-refractivity contribution >= 4 is 11.9 Å². The largest absolute Gasteiger partial charge is 0.481 e. The van der Waals surface area contributed by atoms with Crippen molar-refractivity contribution in [2.75, 3.05) is 13.1 Å². The molecule has 0 saturated carbocycles. The SMILES string of the molecule is CCNC(=O)C(C)N(CC)C(C)CC(=O)O. The zero-order valence-corrected chi connectivity index (χ0v) is 10.5. The molecule has 1 amide bonds. The molecule has 0 aromatic carbocycles. The number of likely N-dealkylation sites (N-methyl/N-ethyl adjacent to an activating group) is 2. The standard InChI is InChI=1S/C11H22N2O3/c1-5-12-11(16)9(4)13(6-2)8(3)7-10(14)15/h8-9H,5-7H2,1-4H3,(H,12,16)(H,14,15). The molecule has 0 bridgehead atoms. The van der Waals surface area contributed by atoms with Crippen LogP contribution in [0, 0.1) is 0 Å². The summed E-state index contributed by atoms with van der Waals surface area (Å²) in [5.74, 6) is -0.893. The molecule has 5 nitrogen and oxygen atoms in total. The van der Waals surface area contributed by atoms with Gasteiger partial charge in [-0.05, 0) is 27.3 Å². The Labute approximate surface area is 96.8 Å². The van der Waals surface area contributed by atoms with Gasteiger partial charge in [0, 0.05) is 12.6 Å². The van der Waals surface area contributed by atoms with Crippen LogP contribution in [0.25, 0.3) is 0 Å². The van der Waals surface area contributed by atoms with Gasteiger partial charge in [0.15, 0.2) is 0 Å². The molecule has 0 saturated heterocycles. The minimum Gasteiger partial charge on any atom is -0.481 e. The number of hydrogen-bond acceptors (Lipinski definition) is 3. The summed E-state index contributed by atoms with van der Waals surface area (Å²) in [6.07, 6.45) is 0.0532. The summed E-state index contributed by atoms with van der Waals surface area (Å²) in [6.45, 7) is 8.66. The van der Waals surface area contributed by atoms with Crippen LogP contribution in [0.15, 0.2) is 0 Å². The topological polar surface area (TPSA) is 69.6 Å². The van der Waals surface area contributed by atoms with Gasteiger partial charge in [0.2, 0.25) is 5.91 Å². The average Bonchev–Trinajstić information content (AvgIpc) is 2.17. The van der Waals surface area contributed by atoms with Crippen LogP contribution in [-0.2, 0) is 9.59 Å². The molecule has 5 heteroatoms. The van der Waals surface area contributed by atoms with Gasteiger partial charge in [-0.25, -0.2) is 0 Å². The van der Waals surface area contributed by atoms with E-state index in [1.54, 1.807) is 6.92 Å². The third-order valence-corrected chi connectivity index (χ3v) is 2.63. The van der Waals surface area contributed by atoms with Crippen molar-refractivity contribution in [1.82, 2.24) is 10.2 Å². The summed E-state index contributed by atoms with van der Waals surface area (Å²) in [5, 5.41) is 11.5. The Morgan fingerprint density at radius 1 is 1.31 bits per heavy atom. The Morgan fingerprint density at radius 3 is 2.25 bits per heavy atom. The summed E-state index contributed by atoms with van der Waals surface area (Å²) in [6, 6.07) is -0.431. The van der Waals surface area contributed by atoms with Crippen LogP contribution >= 0.6 is 0 Å². The molecule has 0 fully saturated rings. The second-order valence-corrected chi connectivity index (χ2v) is 3.85. The van der Waals surface area contributed by atoms with Gasteiger partial charge >= 0.3 is 5.97 Å². The fourth-order valence-corrected chi connectivity index (χ4v) is 1.81. The molecule has 0 radical (unpaired) electrons. The van der Waals surface area contributed by atoms with Crippen molar-refractivity contribution in [2.24, 2.45) is 0 Å². The molecule has 2 N–H and O–H groups in total. The third kappa shape index (κ3) is 4.61. The number of amides is 1. The molecule has 0 spiro atoms. The summed E-state index contributed by atoms with van der Waals surface area (Å²) in [5.41, 5.74) is 0. The zero-order chi connectivity index (χ0) is 12.7. The number of carboxylic acids is 1. The predicted octanol–water partition coefficient (Wildman–Crippen LogP) is 0.696. The molecule has 2 unspecified atom stereocenters. The van der Waals surface area contributed by atoms with Crippen molar-refractivity contribution in [1.29, 1.82) is 0 Å². The second kappa shape index (κ2) is 7.22. The van der Waals surface area contributed by atoms with E-state index in [0.717, 1.165) is 0 Å². The maximum atomic E-state index is 11.6. The van der Waals surface area contributed by atoms with E-state index < -0.39 is 5.97 Å². The normalized spacial score (nSPS) is 14.6. The predicted molar refractivity (Wildman–Crippen MR) is 62.2 cm³/mol. The van der Waals surface area contributed by atoms with Crippen molar-refractivity contribution < 1.29 is 14.7 Å². The number of carboxylic acid groups (broad SMARTS) is 1. The highest BCUT2D eigenvalue weighted by molar-refractivity contribution is 5.81. The van der Waals surface area contributed by atoms with Crippen LogP contribution in [0.4, 0.5) is 0 Å². The van der Waals surface area contributed by atoms with E-state index in [9.17, 15) is 9.59 Å². The minimum absolute atomic E-state index is 0.0532. The number of hydrogen-bond donors (Lipinski definition) is 2. The number of carbonyl (C=O) groups is 2. The van der Waals surface area contributed by atoms with Gasteiger partial charge in [-0.2, -0.15) is 0 Å². The Kier molecular flexibility index (Phi) is 6.72. The first-order valence-corrected chi connectivity index (χ1v) is 5.69. The maximum Gasteiger partial charge on any atom is 0.304 e. The summed E-state index contributed by atoms with van der Waals surface area (Å²) in [7, 11) is 0. The Bertz CT molecular complexity index is 243. The van der Waals surface area contributed by atoms with Gasteiger partial charge < -0.3 is 10.4 Å². The average molecular weight is 230 g/mol. The molecule has 0 aliphatic heterocycles. The van der Waals surface area contributed by atoms with E-state index in [1.165, 1.54) is 0 Å². The first kappa shape index (κ1) is 14.9. The lowest BCUT2D eigenvalue weighted by atomic mass is 10.1. The molecule has 0 aromatic rings. The van der Waals surface area contributed by atoms with Crippen LogP contribution in [-0.4, -0.2) is 47.1 Å². The van der Waals surface area contributed by atoms with Crippen molar-refractivity contribution in [3.8, 4) is 0 Å². The fraction of sp³-hybridized carbons (Fsp3) is 0.818. The van der Waals surface area contributed by atoms with E-state index in [-0.39, 0.29) is 24.4 Å². The van der Waals surface area contributed by atoms with E-state index in [0.29, 0.717) is 13.1 Å². The van der Waals surface area contributed by atoms with E-state index >= 15 is 0 Å². The molecule has 0 aliphatic rings. The third-order valence-electron chi connectivity index (χ3n) is 2.63. The highest BCUT2D eigenvalue weighted by Gasteiger charge is 2.25. The quantitative estimate of drug-likeness (QED) is 0.675. The highest BCUT2D eigenvalue weighted by Crippen LogP contribution is 2.09. The van der Waals surface area contributed by atoms with E-state index in [1.807, 2.05) is 25.7 Å². The number of nitrogens with zero attached hydrogens (tertiary/aromatic N) is 1. The fourth-order valence-electron chi connectivity index (χ4n) is 1.81. The number of rotatable bonds is 7. The second-order valence-electron chi connectivity index (χ2n) is 3.85. The Hall–Kier alpha value is -1.10. The van der Waals surface area contributed by atoms with Gasteiger partial charge in [0.05, 0.1) is 12.5 Å². The maximum absolute atomic E-state index is 11.6. The number of nitrogens with one attached hydrogen (secondary N) is 1. The molecule has 16 heavy (non-hydrogen) atoms. The lowest BCUT2D eigenvalue weighted by molar-refractivity contribution is -0.139. The van der Waals surface area contributed by atoms with Crippen LogP contribution in [0.3, 0.4) is 0 Å². The van der Waals surface area contributed by atoms with Crippen molar-refractivity contribution in [3.05, 3.63) is 0 Å². The highest BCUT2D eigenvalue weighted by atomic mass is 16.4. The van der Waals surface area contributed by atoms with Crippen LogP contribution in [0.5, 0.6) is 0 Å². The van der Waals surface area contributed by atoms with E-state index in [4.69, 9.17) is 5.11 Å². The Balaban J connectivity index is 4.46. The molecule has 0 aromatic heterocycles. The van der Waals surface area contributed by atoms with E-state index in [2.05, 4.69) is 5.32 Å². The first-order valence-electron chi connectivity index (χ1n) is 5.69. The molecule has 94 valence electrons. The number of carbonyl (C=O) groups excluding carboxylic acids is 1. The van der Waals surface area contributed by atoms with Crippen LogP contribution < -0.4 is 5.32 Å². The molecule has 2 atom stereocenters. The minimum atomic E-state index is -0.839. The smallest absolute Gasteiger partial charge is 0.304 e. The molecule has 0 aliphatic carbocycles. The van der Waals surface area contributed by atoms with Gasteiger partial charge in [-0.3, -0.25) is 14.5 Å². The summed E-state index contributed by atoms with van der Waals surface area (Å²) in [4.78, 5) is 24.1. The van der Waals surface area contributed by atoms with Gasteiger partial charge in [0.1, 0.15) is 0 Å². The van der Waals surface area contributed by atoms with Crippen LogP contribution in [0.1, 0.15) is 34.1 Å². The van der Waals surface area contributed by atoms with Crippen molar-refractivity contribution in [3.63, 3.8) is 0 Å². The monoisotopic (exact) mass is 230 g/mol. The van der Waals surface area contributed by atoms with Crippen LogP contribution in [0.2, 0.25) is 0 Å². The van der Waals surface area contributed by atoms with Crippen molar-refractivity contribution in [2.45, 2.75) is 46.2 Å². The molecule has 0 rings (SSSR count). The lowest BCUT2D eigenvalue weighted by Gasteiger charge is -2.31. The summed E-state index contributed by atoms with van der Waals surface area (Å²) < 4.78 is 0. The summed E-state index contributed by atoms with van der Waals surface area (Å²) >= 11 is 0. The van der Waals surface area contributed by atoms with Gasteiger partial charge in [0.25, 0.3) is 0 Å². The first-order chi connectivity index (χ1) is 7.43.